The number of carbonyl (C=O) groups excluding carboxylic acids is 3. The number of carbonyl (C=O) groups is 3. The Kier molecular flexibility index (Phi) is 19.7. The first-order chi connectivity index (χ1) is 41.2. The van der Waals surface area contributed by atoms with E-state index in [9.17, 15) is 14.4 Å². The smallest absolute Gasteiger partial charge is 0.257 e. The summed E-state index contributed by atoms with van der Waals surface area (Å²) >= 11 is 4.83. The summed E-state index contributed by atoms with van der Waals surface area (Å²) in [7, 11) is 0. The SMILES string of the molecule is CCNc1ccccc1C(=O)Nc1cccc(CSc2ncnc3[nH]ncc23)c1.C[C@@H](CC(=O)Nc1cccc(CSc2ncnc3[nH]ncc23)c1)c1ccccc1.O=C(Nc1cccc(CSc2ncnc3[nH]ncc23)c1)c1ccccc1. The number of fused-ring (bicyclic) bond motifs is 3. The molecule has 0 unspecified atom stereocenters. The molecule has 0 aliphatic heterocycles. The van der Waals surface area contributed by atoms with Gasteiger partial charge in [0, 0.05) is 58.5 Å². The van der Waals surface area contributed by atoms with E-state index in [0.29, 0.717) is 17.5 Å². The molecule has 420 valence electrons. The largest absolute Gasteiger partial charge is 0.385 e. The minimum absolute atomic E-state index is 0.0158. The van der Waals surface area contributed by atoms with E-state index in [2.05, 4.69) is 101 Å². The second-order valence-corrected chi connectivity index (χ2v) is 21.7. The summed E-state index contributed by atoms with van der Waals surface area (Å²) < 4.78 is 0. The molecule has 0 saturated heterocycles. The van der Waals surface area contributed by atoms with Gasteiger partial charge in [-0.05, 0) is 95.8 Å². The number of thioether (sulfide) groups is 3. The zero-order valence-electron chi connectivity index (χ0n) is 45.6. The van der Waals surface area contributed by atoms with E-state index in [1.165, 1.54) is 24.5 Å². The van der Waals surface area contributed by atoms with Crippen LogP contribution in [0.2, 0.25) is 0 Å². The third-order valence-electron chi connectivity index (χ3n) is 12.8. The van der Waals surface area contributed by atoms with Crippen LogP contribution in [0.15, 0.2) is 210 Å². The summed E-state index contributed by atoms with van der Waals surface area (Å²) in [6.45, 7) is 4.83. The molecule has 12 aromatic rings. The molecule has 0 bridgehead atoms. The maximum atomic E-state index is 12.7. The Labute approximate surface area is 496 Å². The van der Waals surface area contributed by atoms with E-state index in [1.54, 1.807) is 66.0 Å². The Hall–Kier alpha value is -9.77. The van der Waals surface area contributed by atoms with E-state index >= 15 is 0 Å². The molecule has 19 nitrogen and oxygen atoms in total. The minimum atomic E-state index is -0.137. The van der Waals surface area contributed by atoms with Crippen molar-refractivity contribution in [3.63, 3.8) is 0 Å². The molecule has 0 radical (unpaired) electrons. The molecule has 12 rings (SSSR count). The number of hydrogen-bond donors (Lipinski definition) is 7. The second-order valence-electron chi connectivity index (χ2n) is 18.8. The van der Waals surface area contributed by atoms with Gasteiger partial charge in [0.25, 0.3) is 11.8 Å². The van der Waals surface area contributed by atoms with Gasteiger partial charge in [-0.3, -0.25) is 29.7 Å². The van der Waals surface area contributed by atoms with Crippen LogP contribution in [-0.2, 0) is 22.1 Å². The van der Waals surface area contributed by atoms with Crippen molar-refractivity contribution in [3.05, 3.63) is 229 Å². The van der Waals surface area contributed by atoms with Crippen molar-refractivity contribution in [2.75, 3.05) is 27.8 Å². The quantitative estimate of drug-likeness (QED) is 0.0293. The van der Waals surface area contributed by atoms with Gasteiger partial charge in [-0.25, -0.2) is 29.9 Å². The van der Waals surface area contributed by atoms with Crippen molar-refractivity contribution >= 4 is 109 Å². The first-order valence-corrected chi connectivity index (χ1v) is 29.6. The molecule has 0 fully saturated rings. The van der Waals surface area contributed by atoms with E-state index in [0.717, 1.165) is 111 Å². The Morgan fingerprint density at radius 1 is 0.476 bits per heavy atom. The molecular formula is C62H56N16O3S3. The number of aromatic nitrogens is 12. The lowest BCUT2D eigenvalue weighted by Crippen LogP contribution is -2.14. The number of rotatable bonds is 19. The predicted molar refractivity (Wildman–Crippen MR) is 334 cm³/mol. The molecular weight excluding hydrogens is 1110 g/mol. The van der Waals surface area contributed by atoms with Crippen LogP contribution < -0.4 is 21.3 Å². The second kappa shape index (κ2) is 28.8. The Morgan fingerprint density at radius 3 is 1.38 bits per heavy atom. The van der Waals surface area contributed by atoms with Crippen molar-refractivity contribution in [1.29, 1.82) is 0 Å². The van der Waals surface area contributed by atoms with Gasteiger partial charge in [-0.1, -0.05) is 104 Å². The van der Waals surface area contributed by atoms with Gasteiger partial charge in [0.05, 0.1) is 40.3 Å². The highest BCUT2D eigenvalue weighted by molar-refractivity contribution is 7.99. The number of aromatic amines is 3. The van der Waals surface area contributed by atoms with Crippen LogP contribution in [0.4, 0.5) is 22.7 Å². The number of hydrogen-bond acceptors (Lipinski definition) is 16. The topological polar surface area (TPSA) is 263 Å². The molecule has 0 aliphatic carbocycles. The van der Waals surface area contributed by atoms with Crippen LogP contribution in [0, 0.1) is 0 Å². The summed E-state index contributed by atoms with van der Waals surface area (Å²) in [5.74, 6) is 2.11. The lowest BCUT2D eigenvalue weighted by molar-refractivity contribution is -0.116. The van der Waals surface area contributed by atoms with Gasteiger partial charge in [0.1, 0.15) is 34.1 Å². The zero-order chi connectivity index (χ0) is 57.9. The predicted octanol–water partition coefficient (Wildman–Crippen LogP) is 13.0. The van der Waals surface area contributed by atoms with Crippen LogP contribution in [0.25, 0.3) is 33.1 Å². The fraction of sp³-hybridized carbons (Fsp3) is 0.129. The Balaban J connectivity index is 0.000000141. The molecule has 7 N–H and O–H groups in total. The molecule has 1 atom stereocenters. The van der Waals surface area contributed by atoms with Gasteiger partial charge in [0.2, 0.25) is 5.91 Å². The highest BCUT2D eigenvalue weighted by Gasteiger charge is 2.15. The first kappa shape index (κ1) is 57.5. The Morgan fingerprint density at radius 2 is 0.905 bits per heavy atom. The highest BCUT2D eigenvalue weighted by atomic mass is 32.2. The van der Waals surface area contributed by atoms with Crippen molar-refractivity contribution in [1.82, 2.24) is 60.5 Å². The third kappa shape index (κ3) is 15.6. The number of nitrogens with one attached hydrogen (secondary N) is 7. The fourth-order valence-electron chi connectivity index (χ4n) is 8.65. The molecule has 0 aliphatic rings. The van der Waals surface area contributed by atoms with Crippen molar-refractivity contribution in [2.24, 2.45) is 0 Å². The van der Waals surface area contributed by atoms with E-state index in [4.69, 9.17) is 0 Å². The number of H-pyrrole nitrogens is 3. The molecule has 6 aromatic heterocycles. The summed E-state index contributed by atoms with van der Waals surface area (Å²) in [4.78, 5) is 63.0. The number of nitrogens with zero attached hydrogens (tertiary/aromatic N) is 9. The number of benzene rings is 6. The fourth-order valence-corrected chi connectivity index (χ4v) is 11.4. The van der Waals surface area contributed by atoms with Crippen molar-refractivity contribution in [2.45, 2.75) is 58.5 Å². The first-order valence-electron chi connectivity index (χ1n) is 26.7. The molecule has 0 spiro atoms. The summed E-state index contributed by atoms with van der Waals surface area (Å²) in [5.41, 5.74) is 11.1. The normalized spacial score (nSPS) is 11.2. The molecule has 84 heavy (non-hydrogen) atoms. The molecule has 22 heteroatoms. The Bertz CT molecular complexity index is 4140. The average molecular weight is 1170 g/mol. The lowest BCUT2D eigenvalue weighted by Gasteiger charge is -2.12. The molecule has 6 heterocycles. The number of amides is 3. The van der Waals surface area contributed by atoms with Crippen LogP contribution in [0.5, 0.6) is 0 Å². The maximum Gasteiger partial charge on any atom is 0.257 e. The van der Waals surface area contributed by atoms with Gasteiger partial charge >= 0.3 is 0 Å². The van der Waals surface area contributed by atoms with Crippen LogP contribution >= 0.6 is 35.3 Å². The number of para-hydroxylation sites is 1. The van der Waals surface area contributed by atoms with E-state index < -0.39 is 0 Å². The average Bonchev–Trinajstić information content (AvgIpc) is 4.48. The number of anilines is 4. The summed E-state index contributed by atoms with van der Waals surface area (Å²) in [6.07, 6.45) is 10.2. The van der Waals surface area contributed by atoms with Gasteiger partial charge in [0.15, 0.2) is 16.9 Å². The third-order valence-corrected chi connectivity index (χ3v) is 16.0. The van der Waals surface area contributed by atoms with Crippen molar-refractivity contribution in [3.8, 4) is 0 Å². The van der Waals surface area contributed by atoms with Crippen LogP contribution in [0.3, 0.4) is 0 Å². The van der Waals surface area contributed by atoms with Crippen LogP contribution in [-0.4, -0.2) is 84.8 Å². The summed E-state index contributed by atoms with van der Waals surface area (Å²) in [6, 6.07) is 50.3. The van der Waals surface area contributed by atoms with E-state index in [-0.39, 0.29) is 23.6 Å². The molecule has 6 aromatic carbocycles. The lowest BCUT2D eigenvalue weighted by atomic mass is 9.97. The highest BCUT2D eigenvalue weighted by Crippen LogP contribution is 2.31. The standard InChI is InChI=1S/C22H21N5OS.C21H20N6OS.C19H15N5OS/c1-15(17-7-3-2-4-8-17)10-20(28)26-18-9-5-6-16(11-18)13-29-22-19-12-25-27-21(19)23-14-24-22;1-2-22-18-9-4-3-8-16(18)20(28)26-15-7-5-6-14(10-15)12-29-21-17-11-25-27-19(17)23-13-24-21;25-18(14-6-2-1-3-7-14)23-15-8-4-5-13(9-15)11-26-19-16-10-22-24-17(16)20-12-21-19/h2-9,11-12,14-15H,10,13H2,1H3,(H,26,28)(H,23,24,25,27);3-11,13,22H,2,12H2,1H3,(H,26,28)(H,23,24,25,27);1-10,12H,11H2,(H,23,25)(H,20,21,22,24)/t15-;;/m0../s1. The molecule has 0 saturated carbocycles. The van der Waals surface area contributed by atoms with E-state index in [1.807, 2.05) is 140 Å². The van der Waals surface area contributed by atoms with Gasteiger partial charge < -0.3 is 21.3 Å². The molecule has 3 amide bonds. The van der Waals surface area contributed by atoms with Crippen molar-refractivity contribution < 1.29 is 14.4 Å². The summed E-state index contributed by atoms with van der Waals surface area (Å²) in [5, 5.41) is 38.1. The minimum Gasteiger partial charge on any atom is -0.385 e. The monoisotopic (exact) mass is 1170 g/mol. The van der Waals surface area contributed by atoms with Gasteiger partial charge in [-0.2, -0.15) is 15.3 Å². The maximum absolute atomic E-state index is 12.7. The van der Waals surface area contributed by atoms with Gasteiger partial charge in [-0.15, -0.1) is 35.3 Å². The zero-order valence-corrected chi connectivity index (χ0v) is 48.0. The van der Waals surface area contributed by atoms with Crippen LogP contribution in [0.1, 0.15) is 69.2 Å².